The molecule has 36 heavy (non-hydrogen) atoms. The zero-order valence-corrected chi connectivity index (χ0v) is 20.6. The van der Waals surface area contributed by atoms with Crippen LogP contribution in [0.5, 0.6) is 11.5 Å². The van der Waals surface area contributed by atoms with Gasteiger partial charge in [0, 0.05) is 10.5 Å². The number of thioether (sulfide) groups is 1. The molecule has 0 saturated heterocycles. The number of carbonyl (C=O) groups excluding carboxylic acids is 1. The lowest BCUT2D eigenvalue weighted by molar-refractivity contribution is -0.118. The monoisotopic (exact) mass is 495 g/mol. The Kier molecular flexibility index (Phi) is 8.57. The average molecular weight is 496 g/mol. The van der Waals surface area contributed by atoms with Crippen molar-refractivity contribution in [3.8, 4) is 17.6 Å². The van der Waals surface area contributed by atoms with Gasteiger partial charge in [-0.05, 0) is 53.6 Å². The van der Waals surface area contributed by atoms with Gasteiger partial charge in [-0.3, -0.25) is 4.79 Å². The van der Waals surface area contributed by atoms with Gasteiger partial charge in [0.25, 0.3) is 0 Å². The number of fused-ring (bicyclic) bond motifs is 1. The van der Waals surface area contributed by atoms with Crippen LogP contribution in [0.3, 0.4) is 0 Å². The fourth-order valence-electron chi connectivity index (χ4n) is 3.58. The first-order chi connectivity index (χ1) is 17.7. The molecule has 0 fully saturated rings. The minimum atomic E-state index is -0.190. The van der Waals surface area contributed by atoms with Crippen LogP contribution in [0.1, 0.15) is 23.6 Å². The van der Waals surface area contributed by atoms with Gasteiger partial charge in [-0.1, -0.05) is 54.6 Å². The van der Waals surface area contributed by atoms with Crippen molar-refractivity contribution < 1.29 is 14.3 Å². The van der Waals surface area contributed by atoms with Crippen LogP contribution >= 0.6 is 11.8 Å². The molecule has 1 N–H and O–H groups in total. The summed E-state index contributed by atoms with van der Waals surface area (Å²) in [4.78, 5) is 13.4. The molecular formula is C29H25N3O3S. The van der Waals surface area contributed by atoms with Crippen LogP contribution in [0.4, 0.5) is 0 Å². The molecule has 0 radical (unpaired) electrons. The molecule has 4 aromatic rings. The van der Waals surface area contributed by atoms with Crippen molar-refractivity contribution in [3.63, 3.8) is 0 Å². The largest absolute Gasteiger partial charge is 0.490 e. The normalized spacial score (nSPS) is 10.8. The summed E-state index contributed by atoms with van der Waals surface area (Å²) in [6.45, 7) is 2.61. The third kappa shape index (κ3) is 6.44. The van der Waals surface area contributed by atoms with Gasteiger partial charge in [-0.25, -0.2) is 5.43 Å². The van der Waals surface area contributed by atoms with Gasteiger partial charge < -0.3 is 9.47 Å². The summed E-state index contributed by atoms with van der Waals surface area (Å²) in [5.74, 6) is 1.20. The molecule has 0 bridgehead atoms. The lowest BCUT2D eigenvalue weighted by Gasteiger charge is -2.13. The number of hydrazone groups is 1. The summed E-state index contributed by atoms with van der Waals surface area (Å²) in [5.41, 5.74) is 4.72. The molecule has 7 heteroatoms. The van der Waals surface area contributed by atoms with Crippen LogP contribution in [0, 0.1) is 11.3 Å². The molecule has 0 heterocycles. The fourth-order valence-corrected chi connectivity index (χ4v) is 4.45. The summed E-state index contributed by atoms with van der Waals surface area (Å²) < 4.78 is 11.7. The van der Waals surface area contributed by atoms with E-state index in [2.05, 4.69) is 34.8 Å². The van der Waals surface area contributed by atoms with Gasteiger partial charge >= 0.3 is 0 Å². The van der Waals surface area contributed by atoms with Crippen molar-refractivity contribution in [1.82, 2.24) is 5.43 Å². The number of nitrogens with zero attached hydrogens (tertiary/aromatic N) is 2. The predicted molar refractivity (Wildman–Crippen MR) is 144 cm³/mol. The topological polar surface area (TPSA) is 83.7 Å². The molecule has 0 unspecified atom stereocenters. The summed E-state index contributed by atoms with van der Waals surface area (Å²) in [6, 6.07) is 29.1. The van der Waals surface area contributed by atoms with E-state index in [1.54, 1.807) is 24.4 Å². The minimum absolute atomic E-state index is 0.190. The Morgan fingerprint density at radius 1 is 1.00 bits per heavy atom. The van der Waals surface area contributed by atoms with Crippen molar-refractivity contribution >= 4 is 34.7 Å². The van der Waals surface area contributed by atoms with Crippen molar-refractivity contribution in [2.24, 2.45) is 5.10 Å². The van der Waals surface area contributed by atoms with Gasteiger partial charge in [0.1, 0.15) is 6.61 Å². The van der Waals surface area contributed by atoms with Gasteiger partial charge in [-0.15, -0.1) is 11.8 Å². The predicted octanol–water partition coefficient (Wildman–Crippen LogP) is 5.93. The van der Waals surface area contributed by atoms with E-state index in [1.807, 2.05) is 55.5 Å². The maximum Gasteiger partial charge on any atom is 0.250 e. The quantitative estimate of drug-likeness (QED) is 0.167. The second-order valence-electron chi connectivity index (χ2n) is 7.76. The lowest BCUT2D eigenvalue weighted by atomic mass is 10.1. The zero-order chi connectivity index (χ0) is 25.2. The fraction of sp³-hybridized carbons (Fsp3) is 0.138. The van der Waals surface area contributed by atoms with Gasteiger partial charge in [-0.2, -0.15) is 10.4 Å². The van der Waals surface area contributed by atoms with E-state index in [1.165, 1.54) is 11.8 Å². The maximum atomic E-state index is 12.3. The molecule has 180 valence electrons. The number of hydrogen-bond donors (Lipinski definition) is 1. The second kappa shape index (κ2) is 12.4. The number of hydrogen-bond acceptors (Lipinski definition) is 6. The molecule has 0 aromatic heterocycles. The van der Waals surface area contributed by atoms with Gasteiger partial charge in [0.15, 0.2) is 11.5 Å². The van der Waals surface area contributed by atoms with E-state index in [0.29, 0.717) is 23.7 Å². The van der Waals surface area contributed by atoms with Crippen molar-refractivity contribution in [2.75, 3.05) is 12.4 Å². The number of nitrogens with one attached hydrogen (secondary N) is 1. The van der Waals surface area contributed by atoms with Crippen LogP contribution in [-0.4, -0.2) is 24.5 Å². The number of ether oxygens (including phenoxy) is 2. The van der Waals surface area contributed by atoms with Crippen molar-refractivity contribution in [2.45, 2.75) is 18.4 Å². The second-order valence-corrected chi connectivity index (χ2v) is 8.77. The SMILES string of the molecule is CCOc1cc(/C=N/NC(=O)CSc2cccc3ccccc23)ccc1OCc1ccccc1C#N. The lowest BCUT2D eigenvalue weighted by Crippen LogP contribution is -2.19. The standard InChI is InChI=1S/C29H25N3O3S/c1-2-34-27-16-21(14-15-26(27)35-19-24-10-4-3-9-23(24)17-30)18-31-32-29(33)20-36-28-13-7-11-22-8-5-6-12-25(22)28/h3-16,18H,2,19-20H2,1H3,(H,32,33)/b31-18+. The van der Waals surface area contributed by atoms with Crippen LogP contribution in [0.25, 0.3) is 10.8 Å². The number of benzene rings is 4. The molecule has 0 aliphatic heterocycles. The molecule has 4 aromatic carbocycles. The highest BCUT2D eigenvalue weighted by atomic mass is 32.2. The van der Waals surface area contributed by atoms with Crippen molar-refractivity contribution in [1.29, 1.82) is 5.26 Å². The molecule has 0 spiro atoms. The first kappa shape index (κ1) is 24.8. The van der Waals surface area contributed by atoms with E-state index in [4.69, 9.17) is 9.47 Å². The van der Waals surface area contributed by atoms with E-state index in [0.717, 1.165) is 26.8 Å². The highest BCUT2D eigenvalue weighted by Gasteiger charge is 2.09. The highest BCUT2D eigenvalue weighted by molar-refractivity contribution is 8.00. The molecule has 6 nitrogen and oxygen atoms in total. The summed E-state index contributed by atoms with van der Waals surface area (Å²) in [5, 5.41) is 15.6. The van der Waals surface area contributed by atoms with Crippen LogP contribution in [0.2, 0.25) is 0 Å². The molecule has 0 aliphatic carbocycles. The van der Waals surface area contributed by atoms with E-state index in [9.17, 15) is 10.1 Å². The Bertz CT molecular complexity index is 1420. The number of rotatable bonds is 10. The number of amides is 1. The average Bonchev–Trinajstić information content (AvgIpc) is 2.91. The van der Waals surface area contributed by atoms with Crippen LogP contribution in [-0.2, 0) is 11.4 Å². The number of nitriles is 1. The van der Waals surface area contributed by atoms with Gasteiger partial charge in [0.2, 0.25) is 5.91 Å². The molecule has 0 saturated carbocycles. The molecule has 0 aliphatic rings. The summed E-state index contributed by atoms with van der Waals surface area (Å²) >= 11 is 1.48. The Balaban J connectivity index is 1.35. The van der Waals surface area contributed by atoms with Crippen molar-refractivity contribution in [3.05, 3.63) is 102 Å². The molecule has 1 amide bonds. The van der Waals surface area contributed by atoms with Crippen LogP contribution in [0.15, 0.2) is 94.9 Å². The summed E-state index contributed by atoms with van der Waals surface area (Å²) in [7, 11) is 0. The minimum Gasteiger partial charge on any atom is -0.490 e. The van der Waals surface area contributed by atoms with E-state index in [-0.39, 0.29) is 18.3 Å². The molecule has 4 rings (SSSR count). The molecular weight excluding hydrogens is 470 g/mol. The maximum absolute atomic E-state index is 12.3. The first-order valence-electron chi connectivity index (χ1n) is 11.5. The Morgan fingerprint density at radius 3 is 2.67 bits per heavy atom. The van der Waals surface area contributed by atoms with E-state index < -0.39 is 0 Å². The smallest absolute Gasteiger partial charge is 0.250 e. The Morgan fingerprint density at radius 2 is 1.81 bits per heavy atom. The molecule has 0 atom stereocenters. The Hall–Kier alpha value is -4.28. The van der Waals surface area contributed by atoms with E-state index >= 15 is 0 Å². The highest BCUT2D eigenvalue weighted by Crippen LogP contribution is 2.29. The third-order valence-electron chi connectivity index (χ3n) is 5.30. The Labute approximate surface area is 214 Å². The van der Waals surface area contributed by atoms with Crippen LogP contribution < -0.4 is 14.9 Å². The van der Waals surface area contributed by atoms with Gasteiger partial charge in [0.05, 0.1) is 30.2 Å². The summed E-state index contributed by atoms with van der Waals surface area (Å²) in [6.07, 6.45) is 1.57. The number of carbonyl (C=O) groups is 1. The third-order valence-corrected chi connectivity index (χ3v) is 6.37. The first-order valence-corrected chi connectivity index (χ1v) is 12.5. The zero-order valence-electron chi connectivity index (χ0n) is 19.8.